The molecule has 1 fully saturated rings. The number of nitrogens with zero attached hydrogens (tertiary/aromatic N) is 3. The summed E-state index contributed by atoms with van der Waals surface area (Å²) < 4.78 is 4.78. The highest BCUT2D eigenvalue weighted by Crippen LogP contribution is 2.24. The van der Waals surface area contributed by atoms with E-state index in [-0.39, 0.29) is 17.0 Å². The fraction of sp³-hybridized carbons (Fsp3) is 0.280. The number of amides is 1. The molecule has 3 aromatic rings. The zero-order chi connectivity index (χ0) is 22.3. The second-order valence-electron chi connectivity index (χ2n) is 7.75. The summed E-state index contributed by atoms with van der Waals surface area (Å²) in [5.74, 6) is -0.0328. The maximum Gasteiger partial charge on any atom is 0.338 e. The van der Waals surface area contributed by atoms with Crippen LogP contribution in [0, 0.1) is 0 Å². The van der Waals surface area contributed by atoms with Crippen molar-refractivity contribution in [3.8, 4) is 11.3 Å². The Morgan fingerprint density at radius 1 is 0.875 bits per heavy atom. The predicted molar refractivity (Wildman–Crippen MR) is 124 cm³/mol. The van der Waals surface area contributed by atoms with Crippen LogP contribution in [0.4, 0.5) is 11.5 Å². The first-order valence-electron chi connectivity index (χ1n) is 10.8. The highest BCUT2D eigenvalue weighted by atomic mass is 16.5. The number of rotatable bonds is 5. The van der Waals surface area contributed by atoms with Crippen LogP contribution in [-0.2, 0) is 4.74 Å². The Bertz CT molecular complexity index is 1090. The van der Waals surface area contributed by atoms with Crippen LogP contribution in [0.1, 0.15) is 46.4 Å². The van der Waals surface area contributed by atoms with Gasteiger partial charge in [0.2, 0.25) is 0 Å². The van der Waals surface area contributed by atoms with Gasteiger partial charge in [0.1, 0.15) is 0 Å². The molecular formula is C25H26N4O3. The minimum absolute atomic E-state index is 0.221. The third-order valence-corrected chi connectivity index (χ3v) is 5.57. The summed E-state index contributed by atoms with van der Waals surface area (Å²) in [7, 11) is 1.29. The van der Waals surface area contributed by atoms with Gasteiger partial charge in [-0.3, -0.25) is 4.79 Å². The molecule has 0 atom stereocenters. The van der Waals surface area contributed by atoms with Crippen LogP contribution in [0.5, 0.6) is 0 Å². The summed E-state index contributed by atoms with van der Waals surface area (Å²) in [6.07, 6.45) is 4.91. The molecule has 1 aliphatic rings. The van der Waals surface area contributed by atoms with E-state index in [2.05, 4.69) is 20.4 Å². The van der Waals surface area contributed by atoms with Gasteiger partial charge in [0.15, 0.2) is 5.82 Å². The number of hydrogen-bond donors (Lipinski definition) is 1. The van der Waals surface area contributed by atoms with Crippen LogP contribution in [0.3, 0.4) is 0 Å². The summed E-state index contributed by atoms with van der Waals surface area (Å²) in [6.45, 7) is 2.03. The van der Waals surface area contributed by atoms with Crippen LogP contribution < -0.4 is 10.2 Å². The average Bonchev–Trinajstić information content (AvgIpc) is 3.13. The van der Waals surface area contributed by atoms with Gasteiger partial charge in [-0.25, -0.2) is 4.79 Å². The van der Waals surface area contributed by atoms with Gasteiger partial charge in [0.05, 0.1) is 23.9 Å². The average molecular weight is 431 g/mol. The summed E-state index contributed by atoms with van der Waals surface area (Å²) in [6, 6.07) is 17.9. The Labute approximate surface area is 187 Å². The molecule has 1 aromatic heterocycles. The van der Waals surface area contributed by atoms with Crippen molar-refractivity contribution in [1.29, 1.82) is 0 Å². The molecule has 2 aromatic carbocycles. The zero-order valence-corrected chi connectivity index (χ0v) is 18.1. The van der Waals surface area contributed by atoms with Crippen LogP contribution in [0.25, 0.3) is 11.3 Å². The molecule has 0 aliphatic carbocycles. The second kappa shape index (κ2) is 10.0. The van der Waals surface area contributed by atoms with Gasteiger partial charge in [-0.2, -0.15) is 0 Å². The third-order valence-electron chi connectivity index (χ3n) is 5.57. The van der Waals surface area contributed by atoms with Crippen molar-refractivity contribution in [3.05, 3.63) is 71.8 Å². The van der Waals surface area contributed by atoms with Gasteiger partial charge >= 0.3 is 5.97 Å². The largest absolute Gasteiger partial charge is 0.465 e. The van der Waals surface area contributed by atoms with Crippen molar-refractivity contribution in [1.82, 2.24) is 10.2 Å². The van der Waals surface area contributed by atoms with E-state index in [9.17, 15) is 9.59 Å². The van der Waals surface area contributed by atoms with E-state index in [4.69, 9.17) is 4.74 Å². The molecule has 0 bridgehead atoms. The van der Waals surface area contributed by atoms with E-state index in [1.807, 2.05) is 30.3 Å². The molecule has 1 saturated heterocycles. The highest BCUT2D eigenvalue weighted by Gasteiger charge is 2.17. The summed E-state index contributed by atoms with van der Waals surface area (Å²) in [4.78, 5) is 27.1. The number of carbonyl (C=O) groups excluding carboxylic acids is 2. The molecule has 7 heteroatoms. The summed E-state index contributed by atoms with van der Waals surface area (Å²) in [5.41, 5.74) is 2.66. The van der Waals surface area contributed by atoms with Gasteiger partial charge < -0.3 is 15.0 Å². The van der Waals surface area contributed by atoms with Gasteiger partial charge in [0, 0.05) is 24.3 Å². The topological polar surface area (TPSA) is 84.4 Å². The van der Waals surface area contributed by atoms with E-state index in [0.717, 1.165) is 30.2 Å². The molecule has 0 spiro atoms. The number of esters is 1. The number of carbonyl (C=O) groups is 2. The van der Waals surface area contributed by atoms with Crippen molar-refractivity contribution in [2.45, 2.75) is 25.7 Å². The predicted octanol–water partition coefficient (Wildman–Crippen LogP) is 4.56. The Kier molecular flexibility index (Phi) is 6.75. The molecule has 164 valence electrons. The van der Waals surface area contributed by atoms with E-state index in [1.54, 1.807) is 30.3 Å². The molecule has 0 saturated carbocycles. The fourth-order valence-electron chi connectivity index (χ4n) is 3.87. The third kappa shape index (κ3) is 4.94. The smallest absolute Gasteiger partial charge is 0.338 e. The molecular weight excluding hydrogens is 404 g/mol. The first-order valence-corrected chi connectivity index (χ1v) is 10.8. The van der Waals surface area contributed by atoms with Gasteiger partial charge in [-0.1, -0.05) is 37.1 Å². The van der Waals surface area contributed by atoms with Crippen LogP contribution in [0.15, 0.2) is 60.7 Å². The SMILES string of the molecule is COC(=O)c1ccccc1C(=O)Nc1cccc(-c2ccc(N3CCCCCC3)nn2)c1. The molecule has 2 heterocycles. The van der Waals surface area contributed by atoms with Crippen LogP contribution in [0.2, 0.25) is 0 Å². The van der Waals surface area contributed by atoms with Gasteiger partial charge in [-0.05, 0) is 49.2 Å². The van der Waals surface area contributed by atoms with Gasteiger partial charge in [0.25, 0.3) is 5.91 Å². The number of aromatic nitrogens is 2. The van der Waals surface area contributed by atoms with Crippen molar-refractivity contribution >= 4 is 23.4 Å². The number of nitrogens with one attached hydrogen (secondary N) is 1. The van der Waals surface area contributed by atoms with Crippen molar-refractivity contribution in [2.75, 3.05) is 30.4 Å². The minimum atomic E-state index is -0.552. The lowest BCUT2D eigenvalue weighted by molar-refractivity contribution is 0.0597. The number of benzene rings is 2. The highest BCUT2D eigenvalue weighted by molar-refractivity contribution is 6.11. The van der Waals surface area contributed by atoms with E-state index in [0.29, 0.717) is 5.69 Å². The van der Waals surface area contributed by atoms with Crippen molar-refractivity contribution in [2.24, 2.45) is 0 Å². The molecule has 1 aliphatic heterocycles. The molecule has 4 rings (SSSR count). The normalized spacial score (nSPS) is 13.8. The maximum atomic E-state index is 12.8. The quantitative estimate of drug-likeness (QED) is 0.597. The molecule has 0 unspecified atom stereocenters. The number of methoxy groups -OCH3 is 1. The lowest BCUT2D eigenvalue weighted by Gasteiger charge is -2.20. The zero-order valence-electron chi connectivity index (χ0n) is 18.1. The minimum Gasteiger partial charge on any atom is -0.465 e. The number of ether oxygens (including phenoxy) is 1. The Morgan fingerprint density at radius 3 is 2.31 bits per heavy atom. The maximum absolute atomic E-state index is 12.8. The Morgan fingerprint density at radius 2 is 1.62 bits per heavy atom. The molecule has 1 N–H and O–H groups in total. The molecule has 7 nitrogen and oxygen atoms in total. The summed E-state index contributed by atoms with van der Waals surface area (Å²) >= 11 is 0. The monoisotopic (exact) mass is 430 g/mol. The first-order chi connectivity index (χ1) is 15.7. The van der Waals surface area contributed by atoms with E-state index < -0.39 is 5.97 Å². The number of hydrogen-bond acceptors (Lipinski definition) is 6. The fourth-order valence-corrected chi connectivity index (χ4v) is 3.87. The lowest BCUT2D eigenvalue weighted by Crippen LogP contribution is -2.25. The van der Waals surface area contributed by atoms with Crippen LogP contribution in [-0.4, -0.2) is 42.3 Å². The Balaban J connectivity index is 1.50. The Hall–Kier alpha value is -3.74. The van der Waals surface area contributed by atoms with Crippen LogP contribution >= 0.6 is 0 Å². The standard InChI is InChI=1S/C25H26N4O3/c1-32-25(31)21-12-5-4-11-20(21)24(30)26-19-10-8-9-18(17-19)22-13-14-23(28-27-22)29-15-6-2-3-7-16-29/h4-5,8-14,17H,2-3,6-7,15-16H2,1H3,(H,26,30). The van der Waals surface area contributed by atoms with Crippen molar-refractivity contribution < 1.29 is 14.3 Å². The molecule has 1 amide bonds. The summed E-state index contributed by atoms with van der Waals surface area (Å²) in [5, 5.41) is 11.7. The number of anilines is 2. The lowest BCUT2D eigenvalue weighted by atomic mass is 10.1. The second-order valence-corrected chi connectivity index (χ2v) is 7.75. The molecule has 0 radical (unpaired) electrons. The van der Waals surface area contributed by atoms with Crippen molar-refractivity contribution in [3.63, 3.8) is 0 Å². The molecule has 32 heavy (non-hydrogen) atoms. The van der Waals surface area contributed by atoms with E-state index >= 15 is 0 Å². The first kappa shape index (κ1) is 21.5. The van der Waals surface area contributed by atoms with Gasteiger partial charge in [-0.15, -0.1) is 10.2 Å². The van der Waals surface area contributed by atoms with E-state index in [1.165, 1.54) is 32.8 Å².